The number of carbonyl (C=O) groups is 1. The molecule has 4 rings (SSSR count). The van der Waals surface area contributed by atoms with Gasteiger partial charge in [-0.1, -0.05) is 0 Å². The predicted octanol–water partition coefficient (Wildman–Crippen LogP) is 1.64. The van der Waals surface area contributed by atoms with Gasteiger partial charge in [0.25, 0.3) is 5.91 Å². The van der Waals surface area contributed by atoms with Crippen LogP contribution in [0, 0.1) is 5.92 Å². The molecule has 7 nitrogen and oxygen atoms in total. The van der Waals surface area contributed by atoms with Gasteiger partial charge in [-0.05, 0) is 18.2 Å². The molecule has 3 aromatic heterocycles. The molecule has 23 heavy (non-hydrogen) atoms. The van der Waals surface area contributed by atoms with Crippen LogP contribution in [0.15, 0.2) is 53.7 Å². The van der Waals surface area contributed by atoms with E-state index < -0.39 is 0 Å². The van der Waals surface area contributed by atoms with Crippen molar-refractivity contribution in [3.8, 4) is 0 Å². The van der Waals surface area contributed by atoms with E-state index in [1.165, 1.54) is 6.26 Å². The Morgan fingerprint density at radius 1 is 1.26 bits per heavy atom. The first-order valence-corrected chi connectivity index (χ1v) is 7.60. The van der Waals surface area contributed by atoms with Gasteiger partial charge in [-0.3, -0.25) is 9.48 Å². The standard InChI is InChI=1S/C16H17N5O2/c22-16(14-3-1-8-23-14)20-10-13(11-21-6-2-4-18-21)9-19-7-5-17-15(19)12-20/h1-8,13H,9-12H2. The van der Waals surface area contributed by atoms with Crippen molar-refractivity contribution in [2.75, 3.05) is 6.54 Å². The third-order valence-corrected chi connectivity index (χ3v) is 4.09. The van der Waals surface area contributed by atoms with Crippen molar-refractivity contribution in [3.63, 3.8) is 0 Å². The smallest absolute Gasteiger partial charge is 0.289 e. The fourth-order valence-corrected chi connectivity index (χ4v) is 3.04. The van der Waals surface area contributed by atoms with E-state index in [0.717, 1.165) is 18.9 Å². The second kappa shape index (κ2) is 5.75. The van der Waals surface area contributed by atoms with Crippen molar-refractivity contribution in [3.05, 3.63) is 60.8 Å². The highest BCUT2D eigenvalue weighted by atomic mass is 16.3. The lowest BCUT2D eigenvalue weighted by atomic mass is 10.1. The molecule has 0 bridgehead atoms. The highest BCUT2D eigenvalue weighted by Gasteiger charge is 2.27. The maximum atomic E-state index is 12.7. The van der Waals surface area contributed by atoms with Gasteiger partial charge in [0.05, 0.1) is 12.8 Å². The van der Waals surface area contributed by atoms with E-state index in [4.69, 9.17) is 4.42 Å². The van der Waals surface area contributed by atoms with Gasteiger partial charge in [0, 0.05) is 50.3 Å². The van der Waals surface area contributed by atoms with Crippen molar-refractivity contribution in [2.45, 2.75) is 19.6 Å². The van der Waals surface area contributed by atoms with Crippen LogP contribution in [0.3, 0.4) is 0 Å². The molecule has 0 aromatic carbocycles. The Labute approximate surface area is 133 Å². The molecular weight excluding hydrogens is 294 g/mol. The Balaban J connectivity index is 1.60. The minimum absolute atomic E-state index is 0.100. The number of carbonyl (C=O) groups excluding carboxylic acids is 1. The number of imidazole rings is 1. The molecular formula is C16H17N5O2. The van der Waals surface area contributed by atoms with E-state index in [1.54, 1.807) is 29.4 Å². The number of rotatable bonds is 3. The minimum atomic E-state index is -0.100. The molecule has 0 saturated carbocycles. The summed E-state index contributed by atoms with van der Waals surface area (Å²) in [6.07, 6.45) is 8.98. The Hall–Kier alpha value is -2.83. The van der Waals surface area contributed by atoms with Crippen LogP contribution in [-0.2, 0) is 19.6 Å². The van der Waals surface area contributed by atoms with Crippen molar-refractivity contribution >= 4 is 5.91 Å². The van der Waals surface area contributed by atoms with Crippen molar-refractivity contribution in [1.29, 1.82) is 0 Å². The largest absolute Gasteiger partial charge is 0.459 e. The van der Waals surface area contributed by atoms with E-state index in [-0.39, 0.29) is 11.8 Å². The predicted molar refractivity (Wildman–Crippen MR) is 81.4 cm³/mol. The topological polar surface area (TPSA) is 69.1 Å². The summed E-state index contributed by atoms with van der Waals surface area (Å²) in [6.45, 7) is 2.70. The van der Waals surface area contributed by atoms with Gasteiger partial charge in [0.2, 0.25) is 0 Å². The first-order valence-electron chi connectivity index (χ1n) is 7.60. The van der Waals surface area contributed by atoms with Crippen molar-refractivity contribution in [2.24, 2.45) is 5.92 Å². The summed E-state index contributed by atoms with van der Waals surface area (Å²) >= 11 is 0. The lowest BCUT2D eigenvalue weighted by Gasteiger charge is -2.23. The van der Waals surface area contributed by atoms with Gasteiger partial charge in [-0.2, -0.15) is 5.10 Å². The van der Waals surface area contributed by atoms with E-state index in [1.807, 2.05) is 23.1 Å². The van der Waals surface area contributed by atoms with Gasteiger partial charge >= 0.3 is 0 Å². The maximum Gasteiger partial charge on any atom is 0.289 e. The molecule has 0 saturated heterocycles. The van der Waals surface area contributed by atoms with Gasteiger partial charge in [0.15, 0.2) is 5.76 Å². The van der Waals surface area contributed by atoms with Crippen LogP contribution in [0.5, 0.6) is 0 Å². The summed E-state index contributed by atoms with van der Waals surface area (Å²) < 4.78 is 9.28. The second-order valence-corrected chi connectivity index (χ2v) is 5.75. The summed E-state index contributed by atoms with van der Waals surface area (Å²) in [6, 6.07) is 5.33. The Morgan fingerprint density at radius 2 is 2.22 bits per heavy atom. The van der Waals surface area contributed by atoms with Crippen molar-refractivity contribution < 1.29 is 9.21 Å². The highest BCUT2D eigenvalue weighted by Crippen LogP contribution is 2.19. The molecule has 7 heteroatoms. The summed E-state index contributed by atoms with van der Waals surface area (Å²) in [5.41, 5.74) is 0. The lowest BCUT2D eigenvalue weighted by Crippen LogP contribution is -2.35. The van der Waals surface area contributed by atoms with Gasteiger partial charge < -0.3 is 13.9 Å². The van der Waals surface area contributed by atoms with Crippen LogP contribution < -0.4 is 0 Å². The zero-order chi connectivity index (χ0) is 15.6. The monoisotopic (exact) mass is 311 g/mol. The molecule has 0 radical (unpaired) electrons. The first kappa shape index (κ1) is 13.8. The third kappa shape index (κ3) is 2.77. The quantitative estimate of drug-likeness (QED) is 0.737. The normalized spacial score (nSPS) is 17.7. The molecule has 1 amide bonds. The molecule has 1 atom stereocenters. The van der Waals surface area contributed by atoms with E-state index >= 15 is 0 Å². The number of nitrogens with zero attached hydrogens (tertiary/aromatic N) is 5. The van der Waals surface area contributed by atoms with Crippen LogP contribution >= 0.6 is 0 Å². The van der Waals surface area contributed by atoms with Gasteiger partial charge in [-0.15, -0.1) is 0 Å². The first-order chi connectivity index (χ1) is 11.3. The molecule has 0 spiro atoms. The van der Waals surface area contributed by atoms with Crippen LogP contribution in [0.1, 0.15) is 16.4 Å². The van der Waals surface area contributed by atoms with E-state index in [9.17, 15) is 4.79 Å². The molecule has 3 aromatic rings. The molecule has 1 aliphatic rings. The molecule has 118 valence electrons. The lowest BCUT2D eigenvalue weighted by molar-refractivity contribution is 0.0680. The number of furan rings is 1. The summed E-state index contributed by atoms with van der Waals surface area (Å²) in [4.78, 5) is 18.8. The average molecular weight is 311 g/mol. The molecule has 1 unspecified atom stereocenters. The molecule has 1 aliphatic heterocycles. The van der Waals surface area contributed by atoms with Crippen LogP contribution in [-0.4, -0.2) is 36.7 Å². The van der Waals surface area contributed by atoms with Crippen LogP contribution in [0.25, 0.3) is 0 Å². The van der Waals surface area contributed by atoms with Crippen LogP contribution in [0.2, 0.25) is 0 Å². The number of aromatic nitrogens is 4. The number of hydrogen-bond acceptors (Lipinski definition) is 4. The fourth-order valence-electron chi connectivity index (χ4n) is 3.04. The average Bonchev–Trinajstić information content (AvgIpc) is 3.28. The number of amides is 1. The molecule has 4 heterocycles. The molecule has 0 aliphatic carbocycles. The Bertz CT molecular complexity index is 775. The summed E-state index contributed by atoms with van der Waals surface area (Å²) in [7, 11) is 0. The fraction of sp³-hybridized carbons (Fsp3) is 0.312. The third-order valence-electron chi connectivity index (χ3n) is 4.09. The Kier molecular flexibility index (Phi) is 3.45. The number of hydrogen-bond donors (Lipinski definition) is 0. The summed E-state index contributed by atoms with van der Waals surface area (Å²) in [5.74, 6) is 1.41. The zero-order valence-corrected chi connectivity index (χ0v) is 12.6. The van der Waals surface area contributed by atoms with E-state index in [0.29, 0.717) is 18.8 Å². The van der Waals surface area contributed by atoms with Gasteiger partial charge in [-0.25, -0.2) is 4.98 Å². The molecule has 0 fully saturated rings. The van der Waals surface area contributed by atoms with Crippen LogP contribution in [0.4, 0.5) is 0 Å². The molecule has 0 N–H and O–H groups in total. The van der Waals surface area contributed by atoms with Crippen molar-refractivity contribution in [1.82, 2.24) is 24.2 Å². The minimum Gasteiger partial charge on any atom is -0.459 e. The van der Waals surface area contributed by atoms with E-state index in [2.05, 4.69) is 14.6 Å². The van der Waals surface area contributed by atoms with Gasteiger partial charge in [0.1, 0.15) is 5.82 Å². The SMILES string of the molecule is O=C(c1ccco1)N1Cc2nccn2CC(Cn2cccn2)C1. The Morgan fingerprint density at radius 3 is 3.00 bits per heavy atom. The zero-order valence-electron chi connectivity index (χ0n) is 12.6. The summed E-state index contributed by atoms with van der Waals surface area (Å²) in [5, 5.41) is 4.27. The maximum absolute atomic E-state index is 12.7. The second-order valence-electron chi connectivity index (χ2n) is 5.75. The number of fused-ring (bicyclic) bond motifs is 1. The highest BCUT2D eigenvalue weighted by molar-refractivity contribution is 5.91.